The number of halogens is 2. The zero-order valence-corrected chi connectivity index (χ0v) is 20.2. The van der Waals surface area contributed by atoms with Gasteiger partial charge in [-0.2, -0.15) is 9.37 Å². The van der Waals surface area contributed by atoms with Gasteiger partial charge in [0.25, 0.3) is 0 Å². The summed E-state index contributed by atoms with van der Waals surface area (Å²) in [6.07, 6.45) is 3.40. The predicted octanol–water partition coefficient (Wildman–Crippen LogP) is 4.32. The Labute approximate surface area is 209 Å². The second-order valence-corrected chi connectivity index (χ2v) is 10.0. The molecular weight excluding hydrogens is 458 g/mol. The lowest BCUT2D eigenvalue weighted by Gasteiger charge is -2.36. The molecule has 1 saturated carbocycles. The molecule has 6 rings (SSSR count). The van der Waals surface area contributed by atoms with Gasteiger partial charge in [0.05, 0.1) is 0 Å². The summed E-state index contributed by atoms with van der Waals surface area (Å²) in [5.41, 5.74) is 10.5. The van der Waals surface area contributed by atoms with E-state index < -0.39 is 11.8 Å². The quantitative estimate of drug-likeness (QED) is 0.558. The molecule has 2 fully saturated rings. The Morgan fingerprint density at radius 1 is 0.972 bits per heavy atom. The number of hydrogen-bond acceptors (Lipinski definition) is 6. The normalized spacial score (nSPS) is 18.2. The van der Waals surface area contributed by atoms with E-state index in [0.717, 1.165) is 43.3 Å². The van der Waals surface area contributed by atoms with Gasteiger partial charge in [0.15, 0.2) is 5.82 Å². The minimum atomic E-state index is -0.742. The molecule has 3 aromatic rings. The summed E-state index contributed by atoms with van der Waals surface area (Å²) >= 11 is 0. The van der Waals surface area contributed by atoms with Crippen LogP contribution in [0.4, 0.5) is 20.3 Å². The number of nitrogens with zero attached hydrogens (tertiary/aromatic N) is 4. The summed E-state index contributed by atoms with van der Waals surface area (Å²) in [6, 6.07) is 10.9. The molecule has 8 heteroatoms. The fourth-order valence-electron chi connectivity index (χ4n) is 5.28. The molecule has 1 aromatic heterocycles. The second kappa shape index (κ2) is 9.17. The molecule has 3 N–H and O–H groups in total. The van der Waals surface area contributed by atoms with Crippen molar-refractivity contribution in [1.82, 2.24) is 20.2 Å². The molecule has 0 unspecified atom stereocenters. The van der Waals surface area contributed by atoms with Gasteiger partial charge >= 0.3 is 0 Å². The molecule has 0 amide bonds. The molecule has 0 radical (unpaired) electrons. The van der Waals surface area contributed by atoms with Crippen LogP contribution < -0.4 is 16.0 Å². The van der Waals surface area contributed by atoms with Gasteiger partial charge in [-0.3, -0.25) is 4.90 Å². The van der Waals surface area contributed by atoms with Crippen molar-refractivity contribution in [3.05, 3.63) is 65.9 Å². The van der Waals surface area contributed by atoms with Gasteiger partial charge < -0.3 is 16.0 Å². The van der Waals surface area contributed by atoms with Gasteiger partial charge in [0.2, 0.25) is 5.95 Å². The van der Waals surface area contributed by atoms with Gasteiger partial charge in [-0.25, -0.2) is 9.37 Å². The lowest BCUT2D eigenvalue weighted by molar-refractivity contribution is 0.248. The number of benzene rings is 2. The molecule has 36 heavy (non-hydrogen) atoms. The second-order valence-electron chi connectivity index (χ2n) is 10.0. The summed E-state index contributed by atoms with van der Waals surface area (Å²) in [4.78, 5) is 13.4. The number of anilines is 2. The van der Waals surface area contributed by atoms with Crippen LogP contribution in [0.2, 0.25) is 0 Å². The molecule has 1 saturated heterocycles. The van der Waals surface area contributed by atoms with E-state index in [1.54, 1.807) is 0 Å². The van der Waals surface area contributed by atoms with Crippen molar-refractivity contribution >= 4 is 17.2 Å². The predicted molar refractivity (Wildman–Crippen MR) is 139 cm³/mol. The molecular formula is C28H30F2N6. The molecule has 2 aliphatic heterocycles. The Hall–Kier alpha value is -3.52. The lowest BCUT2D eigenvalue weighted by Crippen LogP contribution is -2.47. The van der Waals surface area contributed by atoms with Crippen LogP contribution in [0.1, 0.15) is 24.0 Å². The molecule has 0 atom stereocenters. The topological polar surface area (TPSA) is 70.3 Å². The first-order valence-electron chi connectivity index (χ1n) is 12.6. The van der Waals surface area contributed by atoms with Crippen LogP contribution in [0.5, 0.6) is 0 Å². The smallest absolute Gasteiger partial charge is 0.241 e. The van der Waals surface area contributed by atoms with Gasteiger partial charge in [-0.1, -0.05) is 18.7 Å². The van der Waals surface area contributed by atoms with E-state index in [-0.39, 0.29) is 17.2 Å². The Bertz CT molecular complexity index is 1310. The highest BCUT2D eigenvalue weighted by molar-refractivity contribution is 5.77. The molecule has 0 bridgehead atoms. The molecule has 2 aromatic carbocycles. The maximum absolute atomic E-state index is 14.9. The first kappa shape index (κ1) is 22.9. The third kappa shape index (κ3) is 4.41. The van der Waals surface area contributed by atoms with E-state index in [1.807, 2.05) is 30.3 Å². The zero-order valence-electron chi connectivity index (χ0n) is 20.2. The molecule has 3 heterocycles. The van der Waals surface area contributed by atoms with Gasteiger partial charge in [0.1, 0.15) is 17.2 Å². The summed E-state index contributed by atoms with van der Waals surface area (Å²) in [5.74, 6) is -0.308. The average molecular weight is 489 g/mol. The number of nitrogens with two attached hydrogens (primary N) is 1. The molecule has 186 valence electrons. The van der Waals surface area contributed by atoms with Crippen LogP contribution in [0.25, 0.3) is 28.2 Å². The minimum absolute atomic E-state index is 0.0657. The fourth-order valence-corrected chi connectivity index (χ4v) is 5.28. The van der Waals surface area contributed by atoms with Crippen LogP contribution in [-0.4, -0.2) is 54.1 Å². The Balaban J connectivity index is 1.25. The van der Waals surface area contributed by atoms with E-state index in [1.165, 1.54) is 25.5 Å². The van der Waals surface area contributed by atoms with Crippen molar-refractivity contribution in [2.45, 2.75) is 19.3 Å². The molecule has 0 spiro atoms. The maximum Gasteiger partial charge on any atom is 0.241 e. The number of nitrogen functional groups attached to an aromatic ring is 1. The van der Waals surface area contributed by atoms with E-state index in [9.17, 15) is 8.78 Å². The summed E-state index contributed by atoms with van der Waals surface area (Å²) in [7, 11) is 0. The van der Waals surface area contributed by atoms with Crippen LogP contribution >= 0.6 is 0 Å². The minimum Gasteiger partial charge on any atom is -0.385 e. The van der Waals surface area contributed by atoms with E-state index in [2.05, 4.69) is 31.7 Å². The van der Waals surface area contributed by atoms with Crippen LogP contribution in [0.3, 0.4) is 0 Å². The third-order valence-electron chi connectivity index (χ3n) is 7.45. The highest BCUT2D eigenvalue weighted by atomic mass is 19.1. The monoisotopic (exact) mass is 488 g/mol. The van der Waals surface area contributed by atoms with Crippen molar-refractivity contribution in [2.24, 2.45) is 5.92 Å². The van der Waals surface area contributed by atoms with Crippen LogP contribution in [-0.2, 0) is 6.42 Å². The van der Waals surface area contributed by atoms with Gasteiger partial charge in [0, 0.05) is 67.3 Å². The summed E-state index contributed by atoms with van der Waals surface area (Å²) in [6.45, 7) is 9.91. The van der Waals surface area contributed by atoms with E-state index >= 15 is 0 Å². The third-order valence-corrected chi connectivity index (χ3v) is 7.45. The molecule has 3 aliphatic rings. The number of rotatable bonds is 5. The zero-order chi connectivity index (χ0) is 24.8. The average Bonchev–Trinajstić information content (AvgIpc) is 3.69. The standard InChI is InChI=1S/C28H30F2N6/c1-17-24-20(8-9-32-17)14-21(15-23(24)29)26-28(31)34-27(30)25(33-26)19-4-6-22(7-5-19)36-12-10-35(11-13-36)16-18-2-3-18/h4-7,14-15,18,32H,1-3,8-13,16H2,(H2,31,34). The first-order valence-corrected chi connectivity index (χ1v) is 12.6. The number of piperazine rings is 1. The number of aromatic nitrogens is 2. The highest BCUT2D eigenvalue weighted by Gasteiger charge is 2.26. The number of hydrogen-bond donors (Lipinski definition) is 2. The lowest BCUT2D eigenvalue weighted by atomic mass is 9.94. The Kier molecular flexibility index (Phi) is 5.84. The largest absolute Gasteiger partial charge is 0.385 e. The van der Waals surface area contributed by atoms with Gasteiger partial charge in [-0.15, -0.1) is 0 Å². The Morgan fingerprint density at radius 2 is 1.72 bits per heavy atom. The fraction of sp³-hybridized carbons (Fsp3) is 0.357. The summed E-state index contributed by atoms with van der Waals surface area (Å²) in [5, 5.41) is 3.09. The van der Waals surface area contributed by atoms with Crippen molar-refractivity contribution in [3.8, 4) is 22.5 Å². The molecule has 6 nitrogen and oxygen atoms in total. The van der Waals surface area contributed by atoms with Gasteiger partial charge in [-0.05, 0) is 55.0 Å². The maximum atomic E-state index is 14.9. The van der Waals surface area contributed by atoms with Crippen molar-refractivity contribution in [2.75, 3.05) is 49.9 Å². The highest BCUT2D eigenvalue weighted by Crippen LogP contribution is 2.34. The summed E-state index contributed by atoms with van der Waals surface area (Å²) < 4.78 is 29.8. The van der Waals surface area contributed by atoms with Crippen LogP contribution in [0.15, 0.2) is 43.0 Å². The SMILES string of the molecule is C=C1NCCc2cc(-c3nc(-c4ccc(N5CCN(CC6CC6)CC5)cc4)c(F)nc3N)cc(F)c21. The van der Waals surface area contributed by atoms with Crippen LogP contribution in [0, 0.1) is 17.7 Å². The number of fused-ring (bicyclic) bond motifs is 1. The van der Waals surface area contributed by atoms with Crippen molar-refractivity contribution < 1.29 is 8.78 Å². The van der Waals surface area contributed by atoms with E-state index in [0.29, 0.717) is 35.4 Å². The first-order chi connectivity index (χ1) is 17.5. The molecule has 1 aliphatic carbocycles. The number of nitrogens with one attached hydrogen (secondary N) is 1. The Morgan fingerprint density at radius 3 is 2.44 bits per heavy atom. The van der Waals surface area contributed by atoms with E-state index in [4.69, 9.17) is 5.73 Å². The van der Waals surface area contributed by atoms with Crippen molar-refractivity contribution in [1.29, 1.82) is 0 Å². The van der Waals surface area contributed by atoms with Crippen molar-refractivity contribution in [3.63, 3.8) is 0 Å².